The smallest absolute Gasteiger partial charge is 0.261 e. The van der Waals surface area contributed by atoms with Crippen LogP contribution >= 0.6 is 11.6 Å². The number of nitrogens with zero attached hydrogens (tertiary/aromatic N) is 4. The van der Waals surface area contributed by atoms with Crippen molar-refractivity contribution in [1.82, 2.24) is 14.5 Å². The first-order chi connectivity index (χ1) is 16.9. The SMILES string of the molecule is COc1cc2ncn(CCCC(=O)Nc3cc(Cl)ccc3N3CCN(C)CC3)c(=O)c2cc1OC. The number of carbonyl (C=O) groups is 1. The number of benzene rings is 2. The second kappa shape index (κ2) is 11.0. The number of halogens is 1. The molecule has 0 spiro atoms. The number of piperazine rings is 1. The van der Waals surface area contributed by atoms with Gasteiger partial charge in [0.2, 0.25) is 5.91 Å². The number of amides is 1. The lowest BCUT2D eigenvalue weighted by Crippen LogP contribution is -2.44. The number of likely N-dealkylation sites (N-methyl/N-ethyl adjacent to an activating group) is 1. The van der Waals surface area contributed by atoms with Crippen LogP contribution < -0.4 is 25.2 Å². The number of aryl methyl sites for hydroxylation is 1. The van der Waals surface area contributed by atoms with Crippen LogP contribution in [0.3, 0.4) is 0 Å². The fraction of sp³-hybridized carbons (Fsp3) is 0.400. The Balaban J connectivity index is 1.41. The summed E-state index contributed by atoms with van der Waals surface area (Å²) in [6.45, 7) is 4.06. The molecule has 10 heteroatoms. The zero-order chi connectivity index (χ0) is 24.9. The first kappa shape index (κ1) is 24.8. The number of hydrogen-bond donors (Lipinski definition) is 1. The molecule has 3 aromatic rings. The van der Waals surface area contributed by atoms with E-state index in [2.05, 4.69) is 27.1 Å². The second-order valence-corrected chi connectivity index (χ2v) is 9.01. The Bertz CT molecular complexity index is 1270. The highest BCUT2D eigenvalue weighted by Crippen LogP contribution is 2.31. The highest BCUT2D eigenvalue weighted by atomic mass is 35.5. The van der Waals surface area contributed by atoms with Gasteiger partial charge in [-0.05, 0) is 37.7 Å². The topological polar surface area (TPSA) is 88.9 Å². The van der Waals surface area contributed by atoms with Crippen LogP contribution in [0.15, 0.2) is 41.5 Å². The average molecular weight is 500 g/mol. The van der Waals surface area contributed by atoms with Crippen LogP contribution in [0.1, 0.15) is 12.8 Å². The first-order valence-corrected chi connectivity index (χ1v) is 11.9. The van der Waals surface area contributed by atoms with Gasteiger partial charge in [0.1, 0.15) is 0 Å². The van der Waals surface area contributed by atoms with E-state index in [9.17, 15) is 9.59 Å². The number of hydrogen-bond acceptors (Lipinski definition) is 7. The van der Waals surface area contributed by atoms with Gasteiger partial charge in [-0.15, -0.1) is 0 Å². The normalized spacial score (nSPS) is 14.2. The number of carbonyl (C=O) groups excluding carboxylic acids is 1. The Morgan fingerprint density at radius 2 is 1.80 bits per heavy atom. The summed E-state index contributed by atoms with van der Waals surface area (Å²) in [5, 5.41) is 4.01. The Labute approximate surface area is 209 Å². The summed E-state index contributed by atoms with van der Waals surface area (Å²) in [6.07, 6.45) is 2.23. The van der Waals surface area contributed by atoms with Gasteiger partial charge in [0.15, 0.2) is 11.5 Å². The summed E-state index contributed by atoms with van der Waals surface area (Å²) in [6, 6.07) is 8.88. The van der Waals surface area contributed by atoms with Crippen LogP contribution in [0.25, 0.3) is 10.9 Å². The highest BCUT2D eigenvalue weighted by molar-refractivity contribution is 6.31. The maximum atomic E-state index is 12.9. The van der Waals surface area contributed by atoms with Gasteiger partial charge in [0, 0.05) is 50.2 Å². The molecule has 1 amide bonds. The number of fused-ring (bicyclic) bond motifs is 1. The first-order valence-electron chi connectivity index (χ1n) is 11.5. The molecule has 4 rings (SSSR count). The molecule has 0 saturated carbocycles. The molecule has 0 aliphatic carbocycles. The summed E-state index contributed by atoms with van der Waals surface area (Å²) in [7, 11) is 5.16. The Hall–Kier alpha value is -3.30. The molecular formula is C25H30ClN5O4. The summed E-state index contributed by atoms with van der Waals surface area (Å²) < 4.78 is 12.1. The molecule has 1 fully saturated rings. The van der Waals surface area contributed by atoms with Crippen LogP contribution in [0.2, 0.25) is 5.02 Å². The predicted molar refractivity (Wildman–Crippen MR) is 138 cm³/mol. The van der Waals surface area contributed by atoms with Gasteiger partial charge < -0.3 is 24.6 Å². The minimum Gasteiger partial charge on any atom is -0.493 e. The van der Waals surface area contributed by atoms with Crippen LogP contribution in [-0.4, -0.2) is 67.8 Å². The zero-order valence-corrected chi connectivity index (χ0v) is 21.0. The van der Waals surface area contributed by atoms with Crippen molar-refractivity contribution >= 4 is 39.8 Å². The maximum absolute atomic E-state index is 12.9. The lowest BCUT2D eigenvalue weighted by atomic mass is 10.2. The van der Waals surface area contributed by atoms with Crippen molar-refractivity contribution in [2.24, 2.45) is 0 Å². The minimum atomic E-state index is -0.191. The molecule has 186 valence electrons. The molecular weight excluding hydrogens is 470 g/mol. The Morgan fingerprint density at radius 1 is 1.09 bits per heavy atom. The van der Waals surface area contributed by atoms with Crippen molar-refractivity contribution in [1.29, 1.82) is 0 Å². The summed E-state index contributed by atoms with van der Waals surface area (Å²) in [5.41, 5.74) is 2.01. The third kappa shape index (κ3) is 5.68. The van der Waals surface area contributed by atoms with Crippen molar-refractivity contribution in [2.75, 3.05) is 57.7 Å². The van der Waals surface area contributed by atoms with E-state index >= 15 is 0 Å². The molecule has 0 bridgehead atoms. The van der Waals surface area contributed by atoms with Crippen molar-refractivity contribution < 1.29 is 14.3 Å². The van der Waals surface area contributed by atoms with Crippen molar-refractivity contribution in [3.05, 3.63) is 52.0 Å². The molecule has 0 unspecified atom stereocenters. The monoisotopic (exact) mass is 499 g/mol. The van der Waals surface area contributed by atoms with Gasteiger partial charge in [-0.3, -0.25) is 14.2 Å². The van der Waals surface area contributed by atoms with Crippen molar-refractivity contribution in [3.8, 4) is 11.5 Å². The fourth-order valence-corrected chi connectivity index (χ4v) is 4.37. The molecule has 1 aromatic heterocycles. The van der Waals surface area contributed by atoms with Gasteiger partial charge in [0.05, 0.1) is 42.8 Å². The van der Waals surface area contributed by atoms with Gasteiger partial charge >= 0.3 is 0 Å². The molecule has 0 atom stereocenters. The van der Waals surface area contributed by atoms with Crippen LogP contribution in [-0.2, 0) is 11.3 Å². The molecule has 0 radical (unpaired) electrons. The molecule has 1 N–H and O–H groups in total. The second-order valence-electron chi connectivity index (χ2n) is 8.57. The number of aromatic nitrogens is 2. The summed E-state index contributed by atoms with van der Waals surface area (Å²) in [5.74, 6) is 0.850. The van der Waals surface area contributed by atoms with Crippen LogP contribution in [0, 0.1) is 0 Å². The van der Waals surface area contributed by atoms with E-state index in [1.54, 1.807) is 18.2 Å². The largest absolute Gasteiger partial charge is 0.493 e. The van der Waals surface area contributed by atoms with E-state index < -0.39 is 0 Å². The molecule has 35 heavy (non-hydrogen) atoms. The van der Waals surface area contributed by atoms with E-state index in [-0.39, 0.29) is 17.9 Å². The van der Waals surface area contributed by atoms with Crippen LogP contribution in [0.5, 0.6) is 11.5 Å². The Morgan fingerprint density at radius 3 is 2.51 bits per heavy atom. The maximum Gasteiger partial charge on any atom is 0.261 e. The quantitative estimate of drug-likeness (QED) is 0.509. The van der Waals surface area contributed by atoms with E-state index in [1.165, 1.54) is 25.1 Å². The number of rotatable bonds is 8. The van der Waals surface area contributed by atoms with Gasteiger partial charge in [-0.2, -0.15) is 0 Å². The lowest BCUT2D eigenvalue weighted by molar-refractivity contribution is -0.116. The zero-order valence-electron chi connectivity index (χ0n) is 20.2. The van der Waals surface area contributed by atoms with Crippen molar-refractivity contribution in [3.63, 3.8) is 0 Å². The van der Waals surface area contributed by atoms with E-state index in [0.717, 1.165) is 31.9 Å². The molecule has 1 aliphatic rings. The van der Waals surface area contributed by atoms with E-state index in [4.69, 9.17) is 21.1 Å². The standard InChI is InChI=1S/C25H30ClN5O4/c1-29-9-11-30(12-10-29)21-7-6-17(26)13-20(21)28-24(32)5-4-8-31-16-27-19-15-23(35-3)22(34-2)14-18(19)25(31)33/h6-7,13-16H,4-5,8-12H2,1-3H3,(H,28,32). The predicted octanol–water partition coefficient (Wildman–Crippen LogP) is 3.24. The summed E-state index contributed by atoms with van der Waals surface area (Å²) in [4.78, 5) is 34.6. The molecule has 2 aromatic carbocycles. The fourth-order valence-electron chi connectivity index (χ4n) is 4.20. The van der Waals surface area contributed by atoms with Crippen molar-refractivity contribution in [2.45, 2.75) is 19.4 Å². The molecule has 1 aliphatic heterocycles. The highest BCUT2D eigenvalue weighted by Gasteiger charge is 2.18. The number of anilines is 2. The van der Waals surface area contributed by atoms with E-state index in [1.807, 2.05) is 12.1 Å². The minimum absolute atomic E-state index is 0.129. The number of methoxy groups -OCH3 is 2. The number of nitrogens with one attached hydrogen (secondary N) is 1. The molecule has 2 heterocycles. The Kier molecular flexibility index (Phi) is 7.77. The number of ether oxygens (including phenoxy) is 2. The van der Waals surface area contributed by atoms with Gasteiger partial charge in [-0.25, -0.2) is 4.98 Å². The molecule has 1 saturated heterocycles. The third-order valence-electron chi connectivity index (χ3n) is 6.21. The molecule has 9 nitrogen and oxygen atoms in total. The average Bonchev–Trinajstić information content (AvgIpc) is 2.85. The van der Waals surface area contributed by atoms with Gasteiger partial charge in [-0.1, -0.05) is 11.6 Å². The lowest BCUT2D eigenvalue weighted by Gasteiger charge is -2.35. The van der Waals surface area contributed by atoms with Crippen LogP contribution in [0.4, 0.5) is 11.4 Å². The summed E-state index contributed by atoms with van der Waals surface area (Å²) >= 11 is 6.21. The van der Waals surface area contributed by atoms with E-state index in [0.29, 0.717) is 46.1 Å². The third-order valence-corrected chi connectivity index (χ3v) is 6.44. The van der Waals surface area contributed by atoms with Gasteiger partial charge in [0.25, 0.3) is 5.56 Å².